The van der Waals surface area contributed by atoms with Gasteiger partial charge in [0.1, 0.15) is 11.6 Å². The second-order valence-corrected chi connectivity index (χ2v) is 9.68. The molecule has 0 aliphatic carbocycles. The van der Waals surface area contributed by atoms with Crippen molar-refractivity contribution in [3.05, 3.63) is 78.6 Å². The van der Waals surface area contributed by atoms with Crippen LogP contribution in [-0.4, -0.2) is 78.0 Å². The molecule has 1 fully saturated rings. The fraction of sp³-hybridized carbons (Fsp3) is 0.207. The number of aromatic hydroxyl groups is 1. The van der Waals surface area contributed by atoms with E-state index in [1.54, 1.807) is 48.9 Å². The molecule has 1 atom stereocenters. The Bertz CT molecular complexity index is 1790. The van der Waals surface area contributed by atoms with Gasteiger partial charge in [-0.1, -0.05) is 18.1 Å². The first kappa shape index (κ1) is 26.5. The summed E-state index contributed by atoms with van der Waals surface area (Å²) in [4.78, 5) is 29.8. The molecule has 1 aliphatic rings. The topological polar surface area (TPSA) is 164 Å². The second-order valence-electron chi connectivity index (χ2n) is 9.68. The third-order valence-corrected chi connectivity index (χ3v) is 6.89. The Morgan fingerprint density at radius 3 is 2.83 bits per heavy atom. The number of aromatic nitrogens is 7. The van der Waals surface area contributed by atoms with Gasteiger partial charge in [-0.2, -0.15) is 5.10 Å². The van der Waals surface area contributed by atoms with Crippen LogP contribution < -0.4 is 20.9 Å². The van der Waals surface area contributed by atoms with Crippen LogP contribution in [0, 0.1) is 11.8 Å². The summed E-state index contributed by atoms with van der Waals surface area (Å²) in [5.74, 6) is 7.08. The largest absolute Gasteiger partial charge is 0.507 e. The van der Waals surface area contributed by atoms with E-state index in [0.717, 1.165) is 11.5 Å². The monoisotopic (exact) mass is 561 g/mol. The number of para-hydroxylation sites is 1. The van der Waals surface area contributed by atoms with E-state index in [4.69, 9.17) is 5.73 Å². The number of piperazine rings is 1. The standard InChI is InChI=1S/C29H27N11O2/c1-19-18-38(14-15-39(19)23-16-21(35-36-28(23)30)20-6-2-3-7-24(20)41)26-9-12-31-25(34-26)8-4-10-33-29(42)22-17-27-32-11-5-13-40(27)37-22/h2-3,5-7,9,11-13,16-17,19,41H,10,14-15,18H2,1H3,(H2,30,36)(H,33,42)/t19-/m0/s1. The highest BCUT2D eigenvalue weighted by Crippen LogP contribution is 2.33. The van der Waals surface area contributed by atoms with Crippen LogP contribution in [0.3, 0.4) is 0 Å². The number of anilines is 3. The molecular weight excluding hydrogens is 534 g/mol. The second kappa shape index (κ2) is 11.4. The number of carbonyl (C=O) groups excluding carboxylic acids is 1. The number of carbonyl (C=O) groups is 1. The SMILES string of the molecule is C[C@H]1CN(c2ccnc(C#CCNC(=O)c3cc4ncccn4n3)n2)CCN1c1cc(-c2ccccc2O)nnc1N. The quantitative estimate of drug-likeness (QED) is 0.268. The number of nitrogens with two attached hydrogens (primary N) is 1. The van der Waals surface area contributed by atoms with Crippen LogP contribution in [0.2, 0.25) is 0 Å². The molecule has 0 unspecified atom stereocenters. The first-order valence-corrected chi connectivity index (χ1v) is 13.3. The molecule has 13 nitrogen and oxygen atoms in total. The maximum atomic E-state index is 12.4. The number of fused-ring (bicyclic) bond motifs is 1. The number of amides is 1. The van der Waals surface area contributed by atoms with E-state index >= 15 is 0 Å². The lowest BCUT2D eigenvalue weighted by atomic mass is 10.1. The molecule has 4 aromatic heterocycles. The van der Waals surface area contributed by atoms with Gasteiger partial charge in [-0.05, 0) is 43.2 Å². The molecule has 1 aromatic carbocycles. The van der Waals surface area contributed by atoms with Crippen LogP contribution in [0.1, 0.15) is 23.2 Å². The highest BCUT2D eigenvalue weighted by atomic mass is 16.3. The third-order valence-electron chi connectivity index (χ3n) is 6.89. The number of nitrogens with zero attached hydrogens (tertiary/aromatic N) is 9. The van der Waals surface area contributed by atoms with E-state index in [1.807, 2.05) is 18.2 Å². The summed E-state index contributed by atoms with van der Waals surface area (Å²) in [6.45, 7) is 4.27. The minimum Gasteiger partial charge on any atom is -0.507 e. The molecule has 5 heterocycles. The number of nitrogens with one attached hydrogen (secondary N) is 1. The Morgan fingerprint density at radius 1 is 1.12 bits per heavy atom. The Hall–Kier alpha value is -5.77. The number of phenolic OH excluding ortho intramolecular Hbond substituents is 1. The normalized spacial score (nSPS) is 14.8. The van der Waals surface area contributed by atoms with Crippen molar-refractivity contribution in [3.8, 4) is 28.8 Å². The van der Waals surface area contributed by atoms with Crippen LogP contribution >= 0.6 is 0 Å². The highest BCUT2D eigenvalue weighted by molar-refractivity contribution is 5.93. The summed E-state index contributed by atoms with van der Waals surface area (Å²) in [5, 5.41) is 25.6. The first-order chi connectivity index (χ1) is 20.5. The van der Waals surface area contributed by atoms with Gasteiger partial charge in [0.25, 0.3) is 5.91 Å². The number of hydrogen-bond acceptors (Lipinski definition) is 11. The van der Waals surface area contributed by atoms with Gasteiger partial charge in [0.2, 0.25) is 5.82 Å². The summed E-state index contributed by atoms with van der Waals surface area (Å²) in [5.41, 5.74) is 9.01. The molecule has 6 rings (SSSR count). The average molecular weight is 562 g/mol. The Labute approximate surface area is 241 Å². The number of nitrogen functional groups attached to an aromatic ring is 1. The molecule has 0 saturated carbocycles. The van der Waals surface area contributed by atoms with Crippen LogP contribution in [-0.2, 0) is 0 Å². The lowest BCUT2D eigenvalue weighted by Gasteiger charge is -2.41. The van der Waals surface area contributed by atoms with Crippen LogP contribution in [0.5, 0.6) is 5.75 Å². The van der Waals surface area contributed by atoms with Crippen molar-refractivity contribution in [1.82, 2.24) is 40.1 Å². The minimum atomic E-state index is -0.339. The summed E-state index contributed by atoms with van der Waals surface area (Å²) in [6.07, 6.45) is 5.04. The van der Waals surface area contributed by atoms with Gasteiger partial charge < -0.3 is 26.0 Å². The molecule has 210 valence electrons. The first-order valence-electron chi connectivity index (χ1n) is 13.3. The molecule has 0 bridgehead atoms. The van der Waals surface area contributed by atoms with Crippen molar-refractivity contribution in [3.63, 3.8) is 0 Å². The Kier molecular flexibility index (Phi) is 7.17. The molecular formula is C29H27N11O2. The van der Waals surface area contributed by atoms with Gasteiger partial charge in [0.15, 0.2) is 17.2 Å². The van der Waals surface area contributed by atoms with Crippen LogP contribution in [0.25, 0.3) is 16.9 Å². The van der Waals surface area contributed by atoms with Crippen molar-refractivity contribution >= 4 is 28.9 Å². The number of phenols is 1. The maximum Gasteiger partial charge on any atom is 0.272 e. The third kappa shape index (κ3) is 5.46. The van der Waals surface area contributed by atoms with Crippen molar-refractivity contribution in [2.75, 3.05) is 41.7 Å². The Morgan fingerprint density at radius 2 is 2.00 bits per heavy atom. The zero-order valence-corrected chi connectivity index (χ0v) is 22.7. The van der Waals surface area contributed by atoms with E-state index < -0.39 is 0 Å². The van der Waals surface area contributed by atoms with Crippen LogP contribution in [0.15, 0.2) is 67.1 Å². The molecule has 1 amide bonds. The van der Waals surface area contributed by atoms with Gasteiger partial charge in [0.05, 0.1) is 17.9 Å². The molecule has 4 N–H and O–H groups in total. The fourth-order valence-electron chi connectivity index (χ4n) is 4.83. The summed E-state index contributed by atoms with van der Waals surface area (Å²) >= 11 is 0. The molecule has 13 heteroatoms. The van der Waals surface area contributed by atoms with Crippen molar-refractivity contribution in [1.29, 1.82) is 0 Å². The molecule has 1 aliphatic heterocycles. The maximum absolute atomic E-state index is 12.4. The number of hydrogen-bond donors (Lipinski definition) is 3. The van der Waals surface area contributed by atoms with Gasteiger partial charge in [-0.15, -0.1) is 10.2 Å². The van der Waals surface area contributed by atoms with E-state index in [2.05, 4.69) is 64.1 Å². The van der Waals surface area contributed by atoms with Crippen molar-refractivity contribution in [2.45, 2.75) is 13.0 Å². The smallest absolute Gasteiger partial charge is 0.272 e. The molecule has 42 heavy (non-hydrogen) atoms. The van der Waals surface area contributed by atoms with Crippen molar-refractivity contribution < 1.29 is 9.90 Å². The lowest BCUT2D eigenvalue weighted by Crippen LogP contribution is -2.52. The van der Waals surface area contributed by atoms with E-state index in [0.29, 0.717) is 48.2 Å². The summed E-state index contributed by atoms with van der Waals surface area (Å²) < 4.78 is 1.54. The van der Waals surface area contributed by atoms with Gasteiger partial charge >= 0.3 is 0 Å². The van der Waals surface area contributed by atoms with Gasteiger partial charge in [-0.3, -0.25) is 4.79 Å². The van der Waals surface area contributed by atoms with E-state index in [9.17, 15) is 9.90 Å². The van der Waals surface area contributed by atoms with Gasteiger partial charge in [-0.25, -0.2) is 19.5 Å². The zero-order valence-electron chi connectivity index (χ0n) is 22.7. The summed E-state index contributed by atoms with van der Waals surface area (Å²) in [6, 6.07) is 14.2. The fourth-order valence-corrected chi connectivity index (χ4v) is 4.83. The van der Waals surface area contributed by atoms with E-state index in [1.165, 1.54) is 4.52 Å². The molecule has 0 spiro atoms. The van der Waals surface area contributed by atoms with Crippen molar-refractivity contribution in [2.24, 2.45) is 0 Å². The summed E-state index contributed by atoms with van der Waals surface area (Å²) in [7, 11) is 0. The average Bonchev–Trinajstić information content (AvgIpc) is 3.45. The Balaban J connectivity index is 1.09. The lowest BCUT2D eigenvalue weighted by molar-refractivity contribution is 0.0953. The molecule has 1 saturated heterocycles. The zero-order chi connectivity index (χ0) is 29.1. The number of benzene rings is 1. The van der Waals surface area contributed by atoms with Gasteiger partial charge in [0, 0.05) is 55.9 Å². The molecule has 5 aromatic rings. The predicted molar refractivity (Wildman–Crippen MR) is 157 cm³/mol. The minimum absolute atomic E-state index is 0.0805. The predicted octanol–water partition coefficient (Wildman–Crippen LogP) is 1.76. The number of rotatable bonds is 5. The van der Waals surface area contributed by atoms with Crippen LogP contribution in [0.4, 0.5) is 17.3 Å². The highest BCUT2D eigenvalue weighted by Gasteiger charge is 2.27. The molecule has 0 radical (unpaired) electrons. The van der Waals surface area contributed by atoms with E-state index in [-0.39, 0.29) is 29.9 Å².